The third kappa shape index (κ3) is 5.40. The van der Waals surface area contributed by atoms with E-state index in [1.807, 2.05) is 18.2 Å². The number of hydrogen-bond acceptors (Lipinski definition) is 6. The molecule has 3 rings (SSSR count). The van der Waals surface area contributed by atoms with Crippen LogP contribution in [0.1, 0.15) is 18.1 Å². The van der Waals surface area contributed by atoms with E-state index < -0.39 is 17.1 Å². The van der Waals surface area contributed by atoms with Gasteiger partial charge in [-0.05, 0) is 48.5 Å². The van der Waals surface area contributed by atoms with Gasteiger partial charge in [0, 0.05) is 10.6 Å². The zero-order valence-corrected chi connectivity index (χ0v) is 17.2. The van der Waals surface area contributed by atoms with Gasteiger partial charge in [0.2, 0.25) is 0 Å². The van der Waals surface area contributed by atoms with Crippen LogP contribution in [0, 0.1) is 0 Å². The molecule has 1 fully saturated rings. The third-order valence-electron chi connectivity index (χ3n) is 4.00. The molecule has 0 saturated carbocycles. The van der Waals surface area contributed by atoms with Crippen molar-refractivity contribution in [1.82, 2.24) is 4.90 Å². The smallest absolute Gasteiger partial charge is 0.326 e. The minimum atomic E-state index is -0.615. The molecule has 1 aliphatic heterocycles. The Labute approximate surface area is 177 Å². The van der Waals surface area contributed by atoms with Crippen LogP contribution in [0.4, 0.5) is 4.79 Å². The standard InChI is InChI=1S/C21H18ClNO5S/c1-2-27-19(24)12-23-20(25)18(29-21(23)26)11-14-7-9-16(10-8-14)28-13-15-5-3-4-6-17(15)22/h3-11H,2,12-13H2,1H3/b18-11-. The van der Waals surface area contributed by atoms with Gasteiger partial charge in [0.05, 0.1) is 11.5 Å². The molecule has 1 aliphatic rings. The Morgan fingerprint density at radius 3 is 2.55 bits per heavy atom. The predicted molar refractivity (Wildman–Crippen MR) is 112 cm³/mol. The van der Waals surface area contributed by atoms with Gasteiger partial charge in [0.15, 0.2) is 0 Å². The normalized spacial score (nSPS) is 15.1. The van der Waals surface area contributed by atoms with Crippen LogP contribution in [0.5, 0.6) is 5.75 Å². The van der Waals surface area contributed by atoms with Crippen molar-refractivity contribution in [3.8, 4) is 5.75 Å². The van der Waals surface area contributed by atoms with Crippen molar-refractivity contribution in [3.63, 3.8) is 0 Å². The third-order valence-corrected chi connectivity index (χ3v) is 5.27. The van der Waals surface area contributed by atoms with Crippen molar-refractivity contribution < 1.29 is 23.9 Å². The van der Waals surface area contributed by atoms with E-state index in [0.717, 1.165) is 27.8 Å². The summed E-state index contributed by atoms with van der Waals surface area (Å²) >= 11 is 6.91. The number of carbonyl (C=O) groups excluding carboxylic acids is 3. The van der Waals surface area contributed by atoms with Crippen molar-refractivity contribution in [2.45, 2.75) is 13.5 Å². The maximum Gasteiger partial charge on any atom is 0.326 e. The number of esters is 1. The van der Waals surface area contributed by atoms with Gasteiger partial charge in [-0.2, -0.15) is 0 Å². The number of ether oxygens (including phenoxy) is 2. The van der Waals surface area contributed by atoms with E-state index in [1.165, 1.54) is 0 Å². The monoisotopic (exact) mass is 431 g/mol. The molecule has 150 valence electrons. The van der Waals surface area contributed by atoms with Crippen molar-refractivity contribution in [1.29, 1.82) is 0 Å². The number of thioether (sulfide) groups is 1. The summed E-state index contributed by atoms with van der Waals surface area (Å²) in [5.41, 5.74) is 1.62. The fraction of sp³-hybridized carbons (Fsp3) is 0.190. The fourth-order valence-electron chi connectivity index (χ4n) is 2.56. The number of carbonyl (C=O) groups is 3. The van der Waals surface area contributed by atoms with E-state index in [0.29, 0.717) is 17.4 Å². The highest BCUT2D eigenvalue weighted by molar-refractivity contribution is 8.18. The summed E-state index contributed by atoms with van der Waals surface area (Å²) in [6, 6.07) is 14.5. The summed E-state index contributed by atoms with van der Waals surface area (Å²) in [6.45, 7) is 1.81. The van der Waals surface area contributed by atoms with E-state index in [4.69, 9.17) is 21.1 Å². The van der Waals surface area contributed by atoms with Gasteiger partial charge in [0.1, 0.15) is 18.9 Å². The molecule has 1 heterocycles. The Morgan fingerprint density at radius 1 is 1.14 bits per heavy atom. The first-order valence-electron chi connectivity index (χ1n) is 8.85. The van der Waals surface area contributed by atoms with Gasteiger partial charge in [-0.15, -0.1) is 0 Å². The van der Waals surface area contributed by atoms with Gasteiger partial charge < -0.3 is 9.47 Å². The SMILES string of the molecule is CCOC(=O)CN1C(=O)S/C(=C\c2ccc(OCc3ccccc3Cl)cc2)C1=O. The highest BCUT2D eigenvalue weighted by Crippen LogP contribution is 2.32. The van der Waals surface area contributed by atoms with Crippen LogP contribution < -0.4 is 4.74 Å². The molecule has 29 heavy (non-hydrogen) atoms. The van der Waals surface area contributed by atoms with Gasteiger partial charge in [-0.25, -0.2) is 0 Å². The lowest BCUT2D eigenvalue weighted by atomic mass is 10.2. The predicted octanol–water partition coefficient (Wildman–Crippen LogP) is 4.52. The lowest BCUT2D eigenvalue weighted by Gasteiger charge is -2.10. The van der Waals surface area contributed by atoms with Crippen molar-refractivity contribution in [2.24, 2.45) is 0 Å². The van der Waals surface area contributed by atoms with Crippen molar-refractivity contribution >= 4 is 46.6 Å². The molecule has 0 N–H and O–H groups in total. The molecule has 0 bridgehead atoms. The molecule has 0 radical (unpaired) electrons. The second kappa shape index (κ2) is 9.62. The fourth-order valence-corrected chi connectivity index (χ4v) is 3.59. The average Bonchev–Trinajstić information content (AvgIpc) is 2.96. The summed E-state index contributed by atoms with van der Waals surface area (Å²) in [7, 11) is 0. The van der Waals surface area contributed by atoms with E-state index in [9.17, 15) is 14.4 Å². The first-order valence-corrected chi connectivity index (χ1v) is 10.0. The highest BCUT2D eigenvalue weighted by Gasteiger charge is 2.36. The number of amides is 2. The van der Waals surface area contributed by atoms with Gasteiger partial charge in [-0.1, -0.05) is 41.9 Å². The average molecular weight is 432 g/mol. The van der Waals surface area contributed by atoms with Crippen molar-refractivity contribution in [2.75, 3.05) is 13.2 Å². The molecule has 0 unspecified atom stereocenters. The Kier molecular flexibility index (Phi) is 6.95. The molecule has 0 aliphatic carbocycles. The van der Waals surface area contributed by atoms with Crippen LogP contribution in [0.15, 0.2) is 53.4 Å². The van der Waals surface area contributed by atoms with E-state index in [1.54, 1.807) is 43.3 Å². The topological polar surface area (TPSA) is 72.9 Å². The van der Waals surface area contributed by atoms with E-state index >= 15 is 0 Å². The van der Waals surface area contributed by atoms with E-state index in [-0.39, 0.29) is 18.1 Å². The lowest BCUT2D eigenvalue weighted by Crippen LogP contribution is -2.34. The molecule has 2 aromatic carbocycles. The largest absolute Gasteiger partial charge is 0.489 e. The second-order valence-electron chi connectivity index (χ2n) is 6.02. The second-order valence-corrected chi connectivity index (χ2v) is 7.42. The number of nitrogens with zero attached hydrogens (tertiary/aromatic N) is 1. The molecular weight excluding hydrogens is 414 g/mol. The molecule has 6 nitrogen and oxygen atoms in total. The Balaban J connectivity index is 1.63. The number of benzene rings is 2. The molecule has 2 aromatic rings. The molecule has 0 spiro atoms. The van der Waals surface area contributed by atoms with Crippen LogP contribution >= 0.6 is 23.4 Å². The molecular formula is C21H18ClNO5S. The maximum absolute atomic E-state index is 12.4. The van der Waals surface area contributed by atoms with Crippen LogP contribution in [0.25, 0.3) is 6.08 Å². The molecule has 1 saturated heterocycles. The molecule has 0 aromatic heterocycles. The zero-order chi connectivity index (χ0) is 20.8. The van der Waals surface area contributed by atoms with Gasteiger partial charge in [-0.3, -0.25) is 19.3 Å². The van der Waals surface area contributed by atoms with Crippen molar-refractivity contribution in [3.05, 3.63) is 69.6 Å². The van der Waals surface area contributed by atoms with Crippen LogP contribution in [0.2, 0.25) is 5.02 Å². The van der Waals surface area contributed by atoms with Gasteiger partial charge >= 0.3 is 5.97 Å². The summed E-state index contributed by atoms with van der Waals surface area (Å²) in [4.78, 5) is 37.1. The summed E-state index contributed by atoms with van der Waals surface area (Å²) < 4.78 is 10.5. The summed E-state index contributed by atoms with van der Waals surface area (Å²) in [5.74, 6) is -0.472. The lowest BCUT2D eigenvalue weighted by molar-refractivity contribution is -0.145. The first kappa shape index (κ1) is 21.0. The summed E-state index contributed by atoms with van der Waals surface area (Å²) in [5, 5.41) is 0.150. The minimum absolute atomic E-state index is 0.190. The Bertz CT molecular complexity index is 958. The quantitative estimate of drug-likeness (QED) is 0.474. The van der Waals surface area contributed by atoms with E-state index in [2.05, 4.69) is 0 Å². The summed E-state index contributed by atoms with van der Waals surface area (Å²) in [6.07, 6.45) is 1.61. The molecule has 8 heteroatoms. The molecule has 2 amide bonds. The van der Waals surface area contributed by atoms with Crippen LogP contribution in [-0.2, 0) is 20.9 Å². The highest BCUT2D eigenvalue weighted by atomic mass is 35.5. The number of halogens is 1. The molecule has 0 atom stereocenters. The van der Waals surface area contributed by atoms with Gasteiger partial charge in [0.25, 0.3) is 11.1 Å². The zero-order valence-electron chi connectivity index (χ0n) is 15.6. The van der Waals surface area contributed by atoms with Crippen LogP contribution in [-0.4, -0.2) is 35.2 Å². The van der Waals surface area contributed by atoms with Crippen LogP contribution in [0.3, 0.4) is 0 Å². The number of imide groups is 1. The Hall–Kier alpha value is -2.77. The first-order chi connectivity index (χ1) is 14.0. The Morgan fingerprint density at radius 2 is 1.86 bits per heavy atom. The minimum Gasteiger partial charge on any atom is -0.489 e. The maximum atomic E-state index is 12.4. The number of hydrogen-bond donors (Lipinski definition) is 0. The number of rotatable bonds is 7.